The summed E-state index contributed by atoms with van der Waals surface area (Å²) in [6.45, 7) is 6.51. The number of hydrogen-bond acceptors (Lipinski definition) is 3. The first kappa shape index (κ1) is 15.8. The van der Waals surface area contributed by atoms with E-state index in [2.05, 4.69) is 22.6 Å². The molecule has 6 heteroatoms. The van der Waals surface area contributed by atoms with Crippen LogP contribution in [0.5, 0.6) is 0 Å². The molecule has 0 spiro atoms. The highest BCUT2D eigenvalue weighted by Crippen LogP contribution is 2.12. The number of urea groups is 1. The van der Waals surface area contributed by atoms with Crippen molar-refractivity contribution in [2.45, 2.75) is 32.7 Å². The van der Waals surface area contributed by atoms with Crippen molar-refractivity contribution >= 4 is 12.0 Å². The van der Waals surface area contributed by atoms with Gasteiger partial charge in [-0.15, -0.1) is 0 Å². The lowest BCUT2D eigenvalue weighted by molar-refractivity contribution is -0.139. The van der Waals surface area contributed by atoms with Crippen molar-refractivity contribution in [3.05, 3.63) is 0 Å². The van der Waals surface area contributed by atoms with Gasteiger partial charge in [0.05, 0.1) is 0 Å². The number of rotatable bonds is 6. The summed E-state index contributed by atoms with van der Waals surface area (Å²) in [7, 11) is 2.06. The number of hydrogen-bond donors (Lipinski definition) is 3. The molecule has 2 amide bonds. The molecule has 1 unspecified atom stereocenters. The van der Waals surface area contributed by atoms with Gasteiger partial charge in [0.15, 0.2) is 0 Å². The molecule has 6 nitrogen and oxygen atoms in total. The molecule has 1 rings (SSSR count). The average molecular weight is 271 g/mol. The van der Waals surface area contributed by atoms with Crippen molar-refractivity contribution in [3.63, 3.8) is 0 Å². The number of aliphatic carboxylic acids is 1. The summed E-state index contributed by atoms with van der Waals surface area (Å²) in [5.41, 5.74) is 0. The van der Waals surface area contributed by atoms with E-state index in [9.17, 15) is 9.59 Å². The topological polar surface area (TPSA) is 81.7 Å². The van der Waals surface area contributed by atoms with Gasteiger partial charge in [0.1, 0.15) is 6.04 Å². The fourth-order valence-electron chi connectivity index (χ4n) is 2.33. The Hall–Kier alpha value is -1.30. The van der Waals surface area contributed by atoms with Gasteiger partial charge in [-0.25, -0.2) is 9.59 Å². The molecule has 0 aromatic rings. The van der Waals surface area contributed by atoms with Crippen LogP contribution in [0.1, 0.15) is 26.7 Å². The summed E-state index contributed by atoms with van der Waals surface area (Å²) in [5, 5.41) is 14.3. The van der Waals surface area contributed by atoms with E-state index in [1.54, 1.807) is 0 Å². The lowest BCUT2D eigenvalue weighted by Gasteiger charge is -2.18. The third kappa shape index (κ3) is 5.92. The molecule has 0 bridgehead atoms. The van der Waals surface area contributed by atoms with Gasteiger partial charge in [0.2, 0.25) is 0 Å². The molecule has 0 aromatic heterocycles. The van der Waals surface area contributed by atoms with Crippen LogP contribution in [0.25, 0.3) is 0 Å². The quantitative estimate of drug-likeness (QED) is 0.665. The summed E-state index contributed by atoms with van der Waals surface area (Å²) in [5.74, 6) is -0.293. The van der Waals surface area contributed by atoms with E-state index in [4.69, 9.17) is 5.11 Å². The van der Waals surface area contributed by atoms with Crippen LogP contribution >= 0.6 is 0 Å². The van der Waals surface area contributed by atoms with Gasteiger partial charge in [0, 0.05) is 13.1 Å². The minimum absolute atomic E-state index is 0.227. The molecule has 1 aliphatic rings. The van der Waals surface area contributed by atoms with E-state index in [0.29, 0.717) is 18.9 Å². The van der Waals surface area contributed by atoms with E-state index in [1.165, 1.54) is 0 Å². The highest BCUT2D eigenvalue weighted by Gasteiger charge is 2.23. The molecule has 2 atom stereocenters. The normalized spacial score (nSPS) is 21.4. The third-order valence-corrected chi connectivity index (χ3v) is 3.35. The maximum Gasteiger partial charge on any atom is 0.326 e. The number of carbonyl (C=O) groups excluding carboxylic acids is 1. The van der Waals surface area contributed by atoms with E-state index in [0.717, 1.165) is 19.5 Å². The van der Waals surface area contributed by atoms with Crippen LogP contribution in [0.2, 0.25) is 0 Å². The Bertz CT molecular complexity index is 320. The third-order valence-electron chi connectivity index (χ3n) is 3.35. The molecule has 0 radical (unpaired) electrons. The first-order valence-electron chi connectivity index (χ1n) is 6.84. The van der Waals surface area contributed by atoms with E-state index in [1.807, 2.05) is 13.8 Å². The van der Waals surface area contributed by atoms with Gasteiger partial charge in [-0.05, 0) is 38.3 Å². The number of nitrogens with zero attached hydrogens (tertiary/aromatic N) is 1. The second-order valence-electron chi connectivity index (χ2n) is 5.79. The van der Waals surface area contributed by atoms with Crippen LogP contribution < -0.4 is 10.6 Å². The predicted molar refractivity (Wildman–Crippen MR) is 73.0 cm³/mol. The Kier molecular flexibility index (Phi) is 6.08. The standard InChI is InChI=1S/C13H25N3O3/c1-9(2)6-11(12(17)18)15-13(19)14-7-10-4-5-16(3)8-10/h9-11H,4-8H2,1-3H3,(H,17,18)(H2,14,15,19)/t10?,11-/m1/s1. The maximum atomic E-state index is 11.7. The molecular formula is C13H25N3O3. The average Bonchev–Trinajstić information content (AvgIpc) is 2.71. The van der Waals surface area contributed by atoms with Crippen molar-refractivity contribution in [1.82, 2.24) is 15.5 Å². The SMILES string of the molecule is CC(C)C[C@@H](NC(=O)NCC1CCN(C)C1)C(=O)O. The summed E-state index contributed by atoms with van der Waals surface area (Å²) in [6.07, 6.45) is 1.51. The van der Waals surface area contributed by atoms with E-state index < -0.39 is 12.0 Å². The highest BCUT2D eigenvalue weighted by atomic mass is 16.4. The highest BCUT2D eigenvalue weighted by molar-refractivity contribution is 5.82. The molecule has 1 saturated heterocycles. The van der Waals surface area contributed by atoms with E-state index >= 15 is 0 Å². The minimum Gasteiger partial charge on any atom is -0.480 e. The Morgan fingerprint density at radius 2 is 2.11 bits per heavy atom. The van der Waals surface area contributed by atoms with Crippen LogP contribution in [0.4, 0.5) is 4.79 Å². The molecule has 1 fully saturated rings. The summed E-state index contributed by atoms with van der Waals surface area (Å²) < 4.78 is 0. The number of amides is 2. The molecule has 110 valence electrons. The predicted octanol–water partition coefficient (Wildman–Crippen LogP) is 0.737. The maximum absolute atomic E-state index is 11.7. The van der Waals surface area contributed by atoms with Gasteiger partial charge in [-0.3, -0.25) is 0 Å². The van der Waals surface area contributed by atoms with Crippen molar-refractivity contribution in [2.24, 2.45) is 11.8 Å². The van der Waals surface area contributed by atoms with Crippen molar-refractivity contribution in [2.75, 3.05) is 26.7 Å². The van der Waals surface area contributed by atoms with Crippen LogP contribution in [-0.4, -0.2) is 54.7 Å². The van der Waals surface area contributed by atoms with Crippen LogP contribution in [0.15, 0.2) is 0 Å². The van der Waals surface area contributed by atoms with E-state index in [-0.39, 0.29) is 11.9 Å². The second-order valence-corrected chi connectivity index (χ2v) is 5.79. The van der Waals surface area contributed by atoms with Crippen LogP contribution in [0.3, 0.4) is 0 Å². The van der Waals surface area contributed by atoms with Crippen molar-refractivity contribution in [3.8, 4) is 0 Å². The van der Waals surface area contributed by atoms with Gasteiger partial charge >= 0.3 is 12.0 Å². The zero-order chi connectivity index (χ0) is 14.4. The molecule has 3 N–H and O–H groups in total. The Balaban J connectivity index is 2.30. The van der Waals surface area contributed by atoms with Gasteiger partial charge in [-0.2, -0.15) is 0 Å². The first-order valence-corrected chi connectivity index (χ1v) is 6.84. The fourth-order valence-corrected chi connectivity index (χ4v) is 2.33. The molecule has 1 heterocycles. The molecular weight excluding hydrogens is 246 g/mol. The van der Waals surface area contributed by atoms with Gasteiger partial charge < -0.3 is 20.6 Å². The van der Waals surface area contributed by atoms with Crippen LogP contribution in [0, 0.1) is 11.8 Å². The largest absolute Gasteiger partial charge is 0.480 e. The smallest absolute Gasteiger partial charge is 0.326 e. The lowest BCUT2D eigenvalue weighted by Crippen LogP contribution is -2.47. The summed E-state index contributed by atoms with van der Waals surface area (Å²) in [6, 6.07) is -1.20. The molecule has 0 aliphatic carbocycles. The van der Waals surface area contributed by atoms with Crippen LogP contribution in [-0.2, 0) is 4.79 Å². The van der Waals surface area contributed by atoms with Gasteiger partial charge in [0.25, 0.3) is 0 Å². The number of carbonyl (C=O) groups is 2. The molecule has 0 aromatic carbocycles. The Morgan fingerprint density at radius 3 is 2.58 bits per heavy atom. The van der Waals surface area contributed by atoms with Crippen molar-refractivity contribution in [1.29, 1.82) is 0 Å². The number of nitrogens with one attached hydrogen (secondary N) is 2. The summed E-state index contributed by atoms with van der Waals surface area (Å²) >= 11 is 0. The van der Waals surface area contributed by atoms with Gasteiger partial charge in [-0.1, -0.05) is 13.8 Å². The Morgan fingerprint density at radius 1 is 1.42 bits per heavy atom. The minimum atomic E-state index is -0.982. The molecule has 19 heavy (non-hydrogen) atoms. The Labute approximate surface area is 114 Å². The molecule has 1 aliphatic heterocycles. The first-order chi connectivity index (χ1) is 8.88. The zero-order valence-electron chi connectivity index (χ0n) is 12.0. The monoisotopic (exact) mass is 271 g/mol. The zero-order valence-corrected chi connectivity index (χ0v) is 12.0. The lowest BCUT2D eigenvalue weighted by atomic mass is 10.0. The van der Waals surface area contributed by atoms with Crippen molar-refractivity contribution < 1.29 is 14.7 Å². The second kappa shape index (κ2) is 7.33. The number of likely N-dealkylation sites (tertiary alicyclic amines) is 1. The fraction of sp³-hybridized carbons (Fsp3) is 0.846. The number of carboxylic acid groups (broad SMARTS) is 1. The molecule has 0 saturated carbocycles. The summed E-state index contributed by atoms with van der Waals surface area (Å²) in [4.78, 5) is 24.9. The number of carboxylic acids is 1.